The van der Waals surface area contributed by atoms with Gasteiger partial charge in [-0.1, -0.05) is 12.1 Å². The third kappa shape index (κ3) is 2.63. The number of aliphatic hydroxyl groups excluding tert-OH is 1. The lowest BCUT2D eigenvalue weighted by Crippen LogP contribution is -2.46. The van der Waals surface area contributed by atoms with E-state index in [9.17, 15) is 9.90 Å². The number of methoxy groups -OCH3 is 1. The number of carbonyl (C=O) groups is 1. The number of fused-ring (bicyclic) bond motifs is 1. The monoisotopic (exact) mass is 290 g/mol. The maximum absolute atomic E-state index is 12.0. The number of aliphatic hydroxyl groups is 1. The number of nitrogens with zero attached hydrogens (tertiary/aromatic N) is 1. The fourth-order valence-electron chi connectivity index (χ4n) is 3.73. The summed E-state index contributed by atoms with van der Waals surface area (Å²) in [6.07, 6.45) is 0.961. The van der Waals surface area contributed by atoms with E-state index in [1.807, 2.05) is 17.0 Å². The van der Waals surface area contributed by atoms with E-state index in [1.54, 1.807) is 7.11 Å². The Labute approximate surface area is 124 Å². The van der Waals surface area contributed by atoms with Gasteiger partial charge in [-0.25, -0.2) is 0 Å². The Kier molecular flexibility index (Phi) is 4.12. The summed E-state index contributed by atoms with van der Waals surface area (Å²) in [5.41, 5.74) is 1.24. The molecular weight excluding hydrogens is 268 g/mol. The SMILES string of the molecule is COc1ccc([C@H]2CN(C(=O)CO)[C@@H]3CCNC[C@H]23)cc1. The minimum atomic E-state index is -0.397. The van der Waals surface area contributed by atoms with Crippen LogP contribution in [0.1, 0.15) is 17.9 Å². The summed E-state index contributed by atoms with van der Waals surface area (Å²) in [6.45, 7) is 2.16. The van der Waals surface area contributed by atoms with Crippen LogP contribution in [-0.2, 0) is 4.79 Å². The Morgan fingerprint density at radius 3 is 2.86 bits per heavy atom. The van der Waals surface area contributed by atoms with Crippen LogP contribution < -0.4 is 10.1 Å². The number of benzene rings is 1. The predicted octanol–water partition coefficient (Wildman–Crippen LogP) is 0.591. The highest BCUT2D eigenvalue weighted by atomic mass is 16.5. The van der Waals surface area contributed by atoms with Gasteiger partial charge in [0.25, 0.3) is 0 Å². The first-order chi connectivity index (χ1) is 10.2. The molecule has 5 nitrogen and oxygen atoms in total. The molecule has 114 valence electrons. The van der Waals surface area contributed by atoms with E-state index in [1.165, 1.54) is 5.56 Å². The van der Waals surface area contributed by atoms with Crippen molar-refractivity contribution < 1.29 is 14.6 Å². The zero-order chi connectivity index (χ0) is 14.8. The van der Waals surface area contributed by atoms with E-state index in [4.69, 9.17) is 4.74 Å². The normalized spacial score (nSPS) is 28.3. The maximum Gasteiger partial charge on any atom is 0.248 e. The van der Waals surface area contributed by atoms with Crippen LogP contribution in [-0.4, -0.2) is 55.3 Å². The molecule has 0 radical (unpaired) electrons. The zero-order valence-electron chi connectivity index (χ0n) is 12.3. The molecule has 2 heterocycles. The fourth-order valence-corrected chi connectivity index (χ4v) is 3.73. The van der Waals surface area contributed by atoms with Gasteiger partial charge in [0.15, 0.2) is 0 Å². The van der Waals surface area contributed by atoms with Crippen molar-refractivity contribution >= 4 is 5.91 Å². The number of nitrogens with one attached hydrogen (secondary N) is 1. The molecule has 21 heavy (non-hydrogen) atoms. The predicted molar refractivity (Wildman–Crippen MR) is 79.3 cm³/mol. The summed E-state index contributed by atoms with van der Waals surface area (Å²) in [4.78, 5) is 13.9. The number of likely N-dealkylation sites (tertiary alicyclic amines) is 1. The highest BCUT2D eigenvalue weighted by Gasteiger charge is 2.44. The molecule has 3 atom stereocenters. The lowest BCUT2D eigenvalue weighted by molar-refractivity contribution is -0.135. The van der Waals surface area contributed by atoms with Gasteiger partial charge < -0.3 is 20.1 Å². The molecular formula is C16H22N2O3. The van der Waals surface area contributed by atoms with Crippen molar-refractivity contribution in [2.45, 2.75) is 18.4 Å². The summed E-state index contributed by atoms with van der Waals surface area (Å²) in [7, 11) is 1.66. The average molecular weight is 290 g/mol. The minimum Gasteiger partial charge on any atom is -0.497 e. The molecule has 1 amide bonds. The van der Waals surface area contributed by atoms with Crippen LogP contribution in [0.2, 0.25) is 0 Å². The van der Waals surface area contributed by atoms with E-state index in [-0.39, 0.29) is 11.9 Å². The Balaban J connectivity index is 1.85. The van der Waals surface area contributed by atoms with E-state index >= 15 is 0 Å². The van der Waals surface area contributed by atoms with Crippen molar-refractivity contribution in [1.29, 1.82) is 0 Å². The van der Waals surface area contributed by atoms with Crippen LogP contribution in [0.5, 0.6) is 5.75 Å². The number of rotatable bonds is 3. The molecule has 0 aliphatic carbocycles. The third-order valence-electron chi connectivity index (χ3n) is 4.80. The van der Waals surface area contributed by atoms with Crippen LogP contribution in [0.4, 0.5) is 0 Å². The van der Waals surface area contributed by atoms with Crippen molar-refractivity contribution in [2.24, 2.45) is 5.92 Å². The number of ether oxygens (including phenoxy) is 1. The minimum absolute atomic E-state index is 0.150. The van der Waals surface area contributed by atoms with Crippen LogP contribution in [0.25, 0.3) is 0 Å². The van der Waals surface area contributed by atoms with Gasteiger partial charge in [0.2, 0.25) is 5.91 Å². The van der Waals surface area contributed by atoms with Gasteiger partial charge in [-0.2, -0.15) is 0 Å². The van der Waals surface area contributed by atoms with Gasteiger partial charge in [-0.3, -0.25) is 4.79 Å². The molecule has 2 saturated heterocycles. The molecule has 3 rings (SSSR count). The number of piperidine rings is 1. The highest BCUT2D eigenvalue weighted by Crippen LogP contribution is 2.40. The van der Waals surface area contributed by atoms with E-state index < -0.39 is 6.61 Å². The summed E-state index contributed by atoms with van der Waals surface area (Å²) < 4.78 is 5.21. The largest absolute Gasteiger partial charge is 0.497 e. The van der Waals surface area contributed by atoms with Crippen LogP contribution >= 0.6 is 0 Å². The lowest BCUT2D eigenvalue weighted by atomic mass is 9.82. The van der Waals surface area contributed by atoms with Gasteiger partial charge in [0, 0.05) is 31.0 Å². The average Bonchev–Trinajstić information content (AvgIpc) is 2.94. The highest BCUT2D eigenvalue weighted by molar-refractivity contribution is 5.78. The second kappa shape index (κ2) is 6.03. The molecule has 2 aliphatic heterocycles. The standard InChI is InChI=1S/C16H22N2O3/c1-21-12-4-2-11(3-5-12)14-9-18(16(20)10-19)15-6-7-17-8-13(14)15/h2-5,13-15,17,19H,6-10H2,1H3/t13-,14-,15-/m1/s1. The summed E-state index contributed by atoms with van der Waals surface area (Å²) in [5.74, 6) is 1.44. The topological polar surface area (TPSA) is 61.8 Å². The number of hydrogen-bond acceptors (Lipinski definition) is 4. The van der Waals surface area contributed by atoms with E-state index in [2.05, 4.69) is 17.4 Å². The van der Waals surface area contributed by atoms with Gasteiger partial charge in [0.05, 0.1) is 7.11 Å². The first-order valence-corrected chi connectivity index (χ1v) is 7.49. The van der Waals surface area contributed by atoms with Crippen LogP contribution in [0.15, 0.2) is 24.3 Å². The number of carbonyl (C=O) groups excluding carboxylic acids is 1. The summed E-state index contributed by atoms with van der Waals surface area (Å²) >= 11 is 0. The maximum atomic E-state index is 12.0. The smallest absolute Gasteiger partial charge is 0.248 e. The second-order valence-corrected chi connectivity index (χ2v) is 5.81. The molecule has 1 aromatic rings. The lowest BCUT2D eigenvalue weighted by Gasteiger charge is -2.32. The Hall–Kier alpha value is -1.59. The van der Waals surface area contributed by atoms with Crippen LogP contribution in [0.3, 0.4) is 0 Å². The Morgan fingerprint density at radius 2 is 2.19 bits per heavy atom. The Bertz CT molecular complexity index is 503. The summed E-state index contributed by atoms with van der Waals surface area (Å²) in [5, 5.41) is 12.6. The molecule has 0 saturated carbocycles. The van der Waals surface area contributed by atoms with Crippen molar-refractivity contribution in [3.05, 3.63) is 29.8 Å². The van der Waals surface area contributed by atoms with Crippen molar-refractivity contribution in [1.82, 2.24) is 10.2 Å². The second-order valence-electron chi connectivity index (χ2n) is 5.81. The quantitative estimate of drug-likeness (QED) is 0.855. The molecule has 0 unspecified atom stereocenters. The van der Waals surface area contributed by atoms with Gasteiger partial charge in [-0.15, -0.1) is 0 Å². The summed E-state index contributed by atoms with van der Waals surface area (Å²) in [6, 6.07) is 8.36. The molecule has 1 aromatic carbocycles. The molecule has 2 aliphatic rings. The van der Waals surface area contributed by atoms with Crippen LogP contribution in [0, 0.1) is 5.92 Å². The van der Waals surface area contributed by atoms with Crippen molar-refractivity contribution in [3.63, 3.8) is 0 Å². The number of amides is 1. The van der Waals surface area contributed by atoms with Gasteiger partial charge in [0.1, 0.15) is 12.4 Å². The van der Waals surface area contributed by atoms with Crippen molar-refractivity contribution in [2.75, 3.05) is 33.4 Å². The van der Waals surface area contributed by atoms with E-state index in [0.717, 1.165) is 25.3 Å². The first kappa shape index (κ1) is 14.4. The molecule has 0 bridgehead atoms. The molecule has 2 fully saturated rings. The molecule has 0 spiro atoms. The molecule has 5 heteroatoms. The number of hydrogen-bond donors (Lipinski definition) is 2. The third-order valence-corrected chi connectivity index (χ3v) is 4.80. The van der Waals surface area contributed by atoms with E-state index in [0.29, 0.717) is 18.4 Å². The van der Waals surface area contributed by atoms with Crippen molar-refractivity contribution in [3.8, 4) is 5.75 Å². The molecule has 0 aromatic heterocycles. The Morgan fingerprint density at radius 1 is 1.43 bits per heavy atom. The zero-order valence-corrected chi connectivity index (χ0v) is 12.3. The van der Waals surface area contributed by atoms with Gasteiger partial charge >= 0.3 is 0 Å². The molecule has 2 N–H and O–H groups in total. The first-order valence-electron chi connectivity index (χ1n) is 7.49. The van der Waals surface area contributed by atoms with Gasteiger partial charge in [-0.05, 0) is 30.7 Å². The fraction of sp³-hybridized carbons (Fsp3) is 0.562.